The van der Waals surface area contributed by atoms with Gasteiger partial charge in [-0.15, -0.1) is 0 Å². The first-order chi connectivity index (χ1) is 11.2. The number of morpholine rings is 1. The molecule has 1 atom stereocenters. The third-order valence-electron chi connectivity index (χ3n) is 4.98. The Morgan fingerprint density at radius 2 is 2.22 bits per heavy atom. The molecule has 4 rings (SSSR count). The molecule has 1 unspecified atom stereocenters. The van der Waals surface area contributed by atoms with E-state index in [0.29, 0.717) is 6.04 Å². The number of ether oxygens (including phenoxy) is 1. The summed E-state index contributed by atoms with van der Waals surface area (Å²) in [7, 11) is 2.12. The maximum absolute atomic E-state index is 5.92. The van der Waals surface area contributed by atoms with Gasteiger partial charge in [0.1, 0.15) is 6.10 Å². The Hall–Kier alpha value is -1.78. The average molecular weight is 311 g/mol. The highest BCUT2D eigenvalue weighted by molar-refractivity contribution is 5.83. The molecule has 23 heavy (non-hydrogen) atoms. The van der Waals surface area contributed by atoms with Crippen molar-refractivity contribution in [3.05, 3.63) is 48.3 Å². The minimum atomic E-state index is 0.110. The van der Waals surface area contributed by atoms with Gasteiger partial charge >= 0.3 is 0 Å². The zero-order valence-electron chi connectivity index (χ0n) is 13.8. The molecule has 1 saturated heterocycles. The molecule has 4 nitrogen and oxygen atoms in total. The van der Waals surface area contributed by atoms with Gasteiger partial charge in [-0.05, 0) is 24.5 Å². The number of rotatable bonds is 5. The first-order valence-corrected chi connectivity index (χ1v) is 8.55. The highest BCUT2D eigenvalue weighted by Gasteiger charge is 2.33. The number of aryl methyl sites for hydroxylation is 1. The smallest absolute Gasteiger partial charge is 0.109 e. The summed E-state index contributed by atoms with van der Waals surface area (Å²) in [6.07, 6.45) is 4.90. The Bertz CT molecular complexity index is 710. The van der Waals surface area contributed by atoms with E-state index < -0.39 is 0 Å². The first-order valence-electron chi connectivity index (χ1n) is 8.55. The van der Waals surface area contributed by atoms with E-state index in [2.05, 4.69) is 58.9 Å². The number of para-hydroxylation sites is 1. The van der Waals surface area contributed by atoms with Crippen molar-refractivity contribution in [2.45, 2.75) is 31.5 Å². The molecular formula is C19H25N3O. The maximum Gasteiger partial charge on any atom is 0.109 e. The van der Waals surface area contributed by atoms with E-state index in [0.717, 1.165) is 31.9 Å². The lowest BCUT2D eigenvalue weighted by molar-refractivity contribution is 0.0315. The second kappa shape index (κ2) is 6.02. The molecular weight excluding hydrogens is 286 g/mol. The van der Waals surface area contributed by atoms with Gasteiger partial charge in [-0.1, -0.05) is 24.8 Å². The molecule has 4 heteroatoms. The Balaban J connectivity index is 1.59. The van der Waals surface area contributed by atoms with Gasteiger partial charge in [0.05, 0.1) is 6.61 Å². The highest BCUT2D eigenvalue weighted by Crippen LogP contribution is 2.34. The van der Waals surface area contributed by atoms with Crippen LogP contribution in [0.5, 0.6) is 0 Å². The lowest BCUT2D eigenvalue weighted by Crippen LogP contribution is -2.43. The fourth-order valence-corrected chi connectivity index (χ4v) is 3.55. The van der Waals surface area contributed by atoms with Crippen LogP contribution in [0.3, 0.4) is 0 Å². The third kappa shape index (κ3) is 2.89. The average Bonchev–Trinajstić information content (AvgIpc) is 3.39. The molecule has 122 valence electrons. The number of benzene rings is 1. The summed E-state index contributed by atoms with van der Waals surface area (Å²) in [5, 5.41) is 4.75. The fraction of sp³-hybridized carbons (Fsp3) is 0.474. The van der Waals surface area contributed by atoms with Crippen LogP contribution in [0.4, 0.5) is 0 Å². The minimum absolute atomic E-state index is 0.110. The summed E-state index contributed by atoms with van der Waals surface area (Å²) in [6, 6.07) is 9.26. The van der Waals surface area contributed by atoms with Crippen molar-refractivity contribution in [3.8, 4) is 0 Å². The van der Waals surface area contributed by atoms with Gasteiger partial charge in [0.2, 0.25) is 0 Å². The SMILES string of the molecule is C=C(C1CNCCO1)N(Cc1cn(C)c2ccccc12)C1CC1. The molecule has 2 aromatic rings. The monoisotopic (exact) mass is 311 g/mol. The molecule has 2 heterocycles. The summed E-state index contributed by atoms with van der Waals surface area (Å²) in [6.45, 7) is 7.89. The van der Waals surface area contributed by atoms with E-state index in [9.17, 15) is 0 Å². The van der Waals surface area contributed by atoms with Crippen molar-refractivity contribution < 1.29 is 4.74 Å². The van der Waals surface area contributed by atoms with Crippen LogP contribution >= 0.6 is 0 Å². The van der Waals surface area contributed by atoms with E-state index in [1.54, 1.807) is 0 Å². The molecule has 1 aromatic heterocycles. The largest absolute Gasteiger partial charge is 0.369 e. The van der Waals surface area contributed by atoms with E-state index in [4.69, 9.17) is 4.74 Å². The molecule has 0 radical (unpaired) electrons. The number of hydrogen-bond acceptors (Lipinski definition) is 3. The predicted octanol–water partition coefficient (Wildman–Crippen LogP) is 2.64. The van der Waals surface area contributed by atoms with Crippen molar-refractivity contribution in [3.63, 3.8) is 0 Å². The van der Waals surface area contributed by atoms with Crippen LogP contribution in [0.25, 0.3) is 10.9 Å². The number of hydrogen-bond donors (Lipinski definition) is 1. The van der Waals surface area contributed by atoms with Gasteiger partial charge in [0, 0.05) is 55.5 Å². The van der Waals surface area contributed by atoms with Crippen molar-refractivity contribution in [1.29, 1.82) is 0 Å². The predicted molar refractivity (Wildman–Crippen MR) is 93.2 cm³/mol. The Morgan fingerprint density at radius 1 is 1.39 bits per heavy atom. The Kier molecular flexibility index (Phi) is 3.87. The highest BCUT2D eigenvalue weighted by atomic mass is 16.5. The number of fused-ring (bicyclic) bond motifs is 1. The van der Waals surface area contributed by atoms with Crippen LogP contribution < -0.4 is 5.32 Å². The first kappa shape index (κ1) is 14.8. The molecule has 2 fully saturated rings. The summed E-state index contributed by atoms with van der Waals surface area (Å²) >= 11 is 0. The molecule has 0 amide bonds. The van der Waals surface area contributed by atoms with E-state index >= 15 is 0 Å². The van der Waals surface area contributed by atoms with E-state index in [-0.39, 0.29) is 6.10 Å². The van der Waals surface area contributed by atoms with Gasteiger partial charge in [0.25, 0.3) is 0 Å². The van der Waals surface area contributed by atoms with Crippen LogP contribution in [0.1, 0.15) is 18.4 Å². The van der Waals surface area contributed by atoms with Gasteiger partial charge in [0.15, 0.2) is 0 Å². The topological polar surface area (TPSA) is 29.4 Å². The number of nitrogens with one attached hydrogen (secondary N) is 1. The lowest BCUT2D eigenvalue weighted by atomic mass is 10.1. The molecule has 0 spiro atoms. The summed E-state index contributed by atoms with van der Waals surface area (Å²) in [5.74, 6) is 0. The van der Waals surface area contributed by atoms with Crippen molar-refractivity contribution >= 4 is 10.9 Å². The van der Waals surface area contributed by atoms with Gasteiger partial charge < -0.3 is 19.5 Å². The van der Waals surface area contributed by atoms with E-state index in [1.165, 1.54) is 29.3 Å². The number of nitrogens with zero attached hydrogens (tertiary/aromatic N) is 2. The van der Waals surface area contributed by atoms with Crippen LogP contribution in [-0.4, -0.2) is 41.3 Å². The van der Waals surface area contributed by atoms with Crippen molar-refractivity contribution in [2.24, 2.45) is 7.05 Å². The molecule has 0 bridgehead atoms. The Morgan fingerprint density at radius 3 is 2.96 bits per heavy atom. The van der Waals surface area contributed by atoms with Crippen LogP contribution in [0, 0.1) is 0 Å². The molecule has 1 saturated carbocycles. The zero-order chi connectivity index (χ0) is 15.8. The second-order valence-corrected chi connectivity index (χ2v) is 6.70. The maximum atomic E-state index is 5.92. The normalized spacial score (nSPS) is 21.5. The minimum Gasteiger partial charge on any atom is -0.369 e. The number of aromatic nitrogens is 1. The van der Waals surface area contributed by atoms with Crippen molar-refractivity contribution in [2.75, 3.05) is 19.7 Å². The summed E-state index contributed by atoms with van der Waals surface area (Å²) < 4.78 is 8.14. The summed E-state index contributed by atoms with van der Waals surface area (Å²) in [5.41, 5.74) is 3.80. The van der Waals surface area contributed by atoms with Crippen molar-refractivity contribution in [1.82, 2.24) is 14.8 Å². The van der Waals surface area contributed by atoms with Gasteiger partial charge in [-0.25, -0.2) is 0 Å². The quantitative estimate of drug-likeness (QED) is 0.920. The Labute approximate surface area is 137 Å². The molecule has 2 aliphatic rings. The molecule has 1 aliphatic heterocycles. The zero-order valence-corrected chi connectivity index (χ0v) is 13.8. The summed E-state index contributed by atoms with van der Waals surface area (Å²) in [4.78, 5) is 2.47. The fourth-order valence-electron chi connectivity index (χ4n) is 3.55. The second-order valence-electron chi connectivity index (χ2n) is 6.70. The van der Waals surface area contributed by atoms with Crippen LogP contribution in [0.15, 0.2) is 42.7 Å². The van der Waals surface area contributed by atoms with Crippen LogP contribution in [0.2, 0.25) is 0 Å². The van der Waals surface area contributed by atoms with E-state index in [1.807, 2.05) is 0 Å². The molecule has 1 aromatic carbocycles. The standard InChI is InChI=1S/C19H25N3O/c1-14(19-11-20-9-10-23-19)22(16-7-8-16)13-15-12-21(2)18-6-4-3-5-17(15)18/h3-6,12,16,19-20H,1,7-11,13H2,2H3. The lowest BCUT2D eigenvalue weighted by Gasteiger charge is -2.34. The third-order valence-corrected chi connectivity index (χ3v) is 4.98. The van der Waals surface area contributed by atoms with Crippen LogP contribution in [-0.2, 0) is 18.3 Å². The molecule has 1 aliphatic carbocycles. The molecule has 1 N–H and O–H groups in total. The van der Waals surface area contributed by atoms with Gasteiger partial charge in [-0.3, -0.25) is 0 Å². The van der Waals surface area contributed by atoms with Gasteiger partial charge in [-0.2, -0.15) is 0 Å².